The Morgan fingerprint density at radius 3 is 2.84 bits per heavy atom. The van der Waals surface area contributed by atoms with Gasteiger partial charge in [0.1, 0.15) is 0 Å². The molecule has 2 heterocycles. The van der Waals surface area contributed by atoms with Crippen LogP contribution in [0.2, 0.25) is 0 Å². The molecule has 0 amide bonds. The van der Waals surface area contributed by atoms with Crippen LogP contribution in [0.4, 0.5) is 0 Å². The molecule has 1 saturated heterocycles. The molecule has 1 fully saturated rings. The van der Waals surface area contributed by atoms with E-state index in [-0.39, 0.29) is 0 Å². The average Bonchev–Trinajstić information content (AvgIpc) is 2.96. The van der Waals surface area contributed by atoms with Crippen LogP contribution in [-0.2, 0) is 12.3 Å². The van der Waals surface area contributed by atoms with E-state index in [1.165, 1.54) is 31.1 Å². The lowest BCUT2D eigenvalue weighted by Crippen LogP contribution is -2.34. The van der Waals surface area contributed by atoms with Crippen LogP contribution in [0.25, 0.3) is 0 Å². The SMILES string of the molecule is CC1CN(CCCc2nc(CCl)cs2)CC1N(C)C. The van der Waals surface area contributed by atoms with Crippen molar-refractivity contribution in [1.82, 2.24) is 14.8 Å². The fraction of sp³-hybridized carbons (Fsp3) is 0.786. The van der Waals surface area contributed by atoms with Crippen LogP contribution in [-0.4, -0.2) is 54.6 Å². The molecule has 2 unspecified atom stereocenters. The maximum Gasteiger partial charge on any atom is 0.0929 e. The molecule has 19 heavy (non-hydrogen) atoms. The predicted molar refractivity (Wildman–Crippen MR) is 83.1 cm³/mol. The Morgan fingerprint density at radius 1 is 1.47 bits per heavy atom. The number of thiazole rings is 1. The summed E-state index contributed by atoms with van der Waals surface area (Å²) in [5.41, 5.74) is 1.02. The first kappa shape index (κ1) is 15.2. The molecule has 0 aliphatic carbocycles. The zero-order chi connectivity index (χ0) is 13.8. The Kier molecular flexibility index (Phi) is 5.63. The Hall–Kier alpha value is -0.160. The van der Waals surface area contributed by atoms with Crippen LogP contribution in [0.5, 0.6) is 0 Å². The van der Waals surface area contributed by atoms with Crippen molar-refractivity contribution in [2.75, 3.05) is 33.7 Å². The van der Waals surface area contributed by atoms with Gasteiger partial charge in [-0.05, 0) is 33.0 Å². The predicted octanol–water partition coefficient (Wildman–Crippen LogP) is 2.70. The van der Waals surface area contributed by atoms with E-state index in [1.807, 2.05) is 0 Å². The molecule has 0 spiro atoms. The molecule has 0 aromatic carbocycles. The number of likely N-dealkylation sites (N-methyl/N-ethyl adjacent to an activating group) is 1. The number of halogens is 1. The first-order valence-electron chi connectivity index (χ1n) is 6.98. The zero-order valence-corrected chi connectivity index (χ0v) is 13.7. The summed E-state index contributed by atoms with van der Waals surface area (Å²) in [6, 6.07) is 0.711. The van der Waals surface area contributed by atoms with Gasteiger partial charge in [0.05, 0.1) is 16.6 Å². The first-order chi connectivity index (χ1) is 9.10. The van der Waals surface area contributed by atoms with Crippen LogP contribution in [0.15, 0.2) is 5.38 Å². The fourth-order valence-electron chi connectivity index (χ4n) is 2.88. The van der Waals surface area contributed by atoms with Gasteiger partial charge in [0, 0.05) is 30.9 Å². The highest BCUT2D eigenvalue weighted by Crippen LogP contribution is 2.20. The summed E-state index contributed by atoms with van der Waals surface area (Å²) >= 11 is 7.51. The molecule has 1 aromatic rings. The van der Waals surface area contributed by atoms with Crippen molar-refractivity contribution in [3.8, 4) is 0 Å². The lowest BCUT2D eigenvalue weighted by Gasteiger charge is -2.22. The molecular formula is C14H24ClN3S. The largest absolute Gasteiger partial charge is 0.305 e. The highest BCUT2D eigenvalue weighted by atomic mass is 35.5. The fourth-order valence-corrected chi connectivity index (χ4v) is 3.95. The van der Waals surface area contributed by atoms with Gasteiger partial charge in [-0.15, -0.1) is 22.9 Å². The molecule has 3 nitrogen and oxygen atoms in total. The number of likely N-dealkylation sites (tertiary alicyclic amines) is 1. The Balaban J connectivity index is 1.72. The smallest absolute Gasteiger partial charge is 0.0929 e. The zero-order valence-electron chi connectivity index (χ0n) is 12.1. The van der Waals surface area contributed by atoms with Crippen molar-refractivity contribution < 1.29 is 0 Å². The van der Waals surface area contributed by atoms with Gasteiger partial charge in [0.15, 0.2) is 0 Å². The minimum Gasteiger partial charge on any atom is -0.305 e. The van der Waals surface area contributed by atoms with Crippen molar-refractivity contribution >= 4 is 22.9 Å². The third-order valence-corrected chi connectivity index (χ3v) is 5.14. The molecule has 1 aliphatic rings. The van der Waals surface area contributed by atoms with Crippen LogP contribution >= 0.6 is 22.9 Å². The second-order valence-corrected chi connectivity index (χ2v) is 6.95. The van der Waals surface area contributed by atoms with E-state index in [0.29, 0.717) is 11.9 Å². The molecule has 1 aliphatic heterocycles. The van der Waals surface area contributed by atoms with Crippen molar-refractivity contribution in [2.24, 2.45) is 5.92 Å². The summed E-state index contributed by atoms with van der Waals surface area (Å²) < 4.78 is 0. The highest BCUT2D eigenvalue weighted by Gasteiger charge is 2.30. The lowest BCUT2D eigenvalue weighted by molar-refractivity contribution is 0.251. The molecule has 0 saturated carbocycles. The molecule has 0 radical (unpaired) electrons. The maximum atomic E-state index is 5.77. The summed E-state index contributed by atoms with van der Waals surface area (Å²) in [6.07, 6.45) is 2.28. The van der Waals surface area contributed by atoms with E-state index < -0.39 is 0 Å². The monoisotopic (exact) mass is 301 g/mol. The quantitative estimate of drug-likeness (QED) is 0.753. The van der Waals surface area contributed by atoms with Gasteiger partial charge in [-0.25, -0.2) is 4.98 Å². The number of alkyl halides is 1. The summed E-state index contributed by atoms with van der Waals surface area (Å²) in [7, 11) is 4.38. The third-order valence-electron chi connectivity index (χ3n) is 3.91. The lowest BCUT2D eigenvalue weighted by atomic mass is 10.1. The van der Waals surface area contributed by atoms with Crippen LogP contribution in [0.1, 0.15) is 24.0 Å². The Morgan fingerprint density at radius 2 is 2.26 bits per heavy atom. The second-order valence-electron chi connectivity index (χ2n) is 5.74. The molecule has 2 atom stereocenters. The summed E-state index contributed by atoms with van der Waals surface area (Å²) in [5.74, 6) is 1.31. The van der Waals surface area contributed by atoms with E-state index in [2.05, 4.69) is 41.2 Å². The van der Waals surface area contributed by atoms with Gasteiger partial charge in [0.25, 0.3) is 0 Å². The van der Waals surface area contributed by atoms with Crippen molar-refractivity contribution in [3.63, 3.8) is 0 Å². The van der Waals surface area contributed by atoms with E-state index in [9.17, 15) is 0 Å². The van der Waals surface area contributed by atoms with Crippen molar-refractivity contribution in [2.45, 2.75) is 31.7 Å². The van der Waals surface area contributed by atoms with Crippen molar-refractivity contribution in [3.05, 3.63) is 16.1 Å². The van der Waals surface area contributed by atoms with Gasteiger partial charge in [-0.2, -0.15) is 0 Å². The van der Waals surface area contributed by atoms with Gasteiger partial charge in [-0.3, -0.25) is 0 Å². The molecular weight excluding hydrogens is 278 g/mol. The number of hydrogen-bond donors (Lipinski definition) is 0. The van der Waals surface area contributed by atoms with E-state index in [4.69, 9.17) is 11.6 Å². The third kappa shape index (κ3) is 4.15. The van der Waals surface area contributed by atoms with Crippen molar-refractivity contribution in [1.29, 1.82) is 0 Å². The van der Waals surface area contributed by atoms with Gasteiger partial charge in [0.2, 0.25) is 0 Å². The molecule has 108 valence electrons. The summed E-state index contributed by atoms with van der Waals surface area (Å²) in [5, 5.41) is 3.30. The number of nitrogens with zero attached hydrogens (tertiary/aromatic N) is 3. The van der Waals surface area contributed by atoms with Crippen LogP contribution in [0, 0.1) is 5.92 Å². The van der Waals surface area contributed by atoms with Gasteiger partial charge in [-0.1, -0.05) is 6.92 Å². The molecule has 0 N–H and O–H groups in total. The van der Waals surface area contributed by atoms with Gasteiger partial charge >= 0.3 is 0 Å². The normalized spacial score (nSPS) is 24.5. The van der Waals surface area contributed by atoms with Crippen LogP contribution < -0.4 is 0 Å². The minimum atomic E-state index is 0.532. The number of rotatable bonds is 6. The maximum absolute atomic E-state index is 5.77. The molecule has 0 bridgehead atoms. The Bertz CT molecular complexity index is 394. The van der Waals surface area contributed by atoms with E-state index >= 15 is 0 Å². The van der Waals surface area contributed by atoms with E-state index in [0.717, 1.165) is 18.0 Å². The minimum absolute atomic E-state index is 0.532. The molecule has 5 heteroatoms. The Labute approximate surface area is 125 Å². The number of hydrogen-bond acceptors (Lipinski definition) is 4. The highest BCUT2D eigenvalue weighted by molar-refractivity contribution is 7.09. The second kappa shape index (κ2) is 7.02. The number of aryl methyl sites for hydroxylation is 1. The summed E-state index contributed by atoms with van der Waals surface area (Å²) in [4.78, 5) is 9.46. The number of aromatic nitrogens is 1. The molecule has 2 rings (SSSR count). The average molecular weight is 302 g/mol. The van der Waals surface area contributed by atoms with Gasteiger partial charge < -0.3 is 9.80 Å². The topological polar surface area (TPSA) is 19.4 Å². The summed E-state index contributed by atoms with van der Waals surface area (Å²) in [6.45, 7) is 5.98. The molecule has 1 aromatic heterocycles. The van der Waals surface area contributed by atoms with E-state index in [1.54, 1.807) is 11.3 Å². The first-order valence-corrected chi connectivity index (χ1v) is 8.39. The standard InChI is InChI=1S/C14H24ClN3S/c1-11-8-18(9-13(11)17(2)3)6-4-5-14-16-12(7-15)10-19-14/h10-11,13H,4-9H2,1-3H3. The van der Waals surface area contributed by atoms with Crippen LogP contribution in [0.3, 0.4) is 0 Å².